The smallest absolute Gasteiger partial charge is 0.222 e. The number of unbranched alkanes of at least 4 members (excludes halogenated alkanes) is 13. The van der Waals surface area contributed by atoms with Gasteiger partial charge < -0.3 is 4.90 Å². The van der Waals surface area contributed by atoms with E-state index in [2.05, 4.69) is 13.8 Å². The van der Waals surface area contributed by atoms with E-state index in [4.69, 9.17) is 0 Å². The molecule has 138 valence electrons. The standard InChI is InChI=1S/C21H43NO/c1-4-7-8-9-10-11-12-13-14-15-16-17-18-19-20-22(6-3)21(23)5-2/h4-20H2,1-3H3. The summed E-state index contributed by atoms with van der Waals surface area (Å²) >= 11 is 0. The zero-order chi connectivity index (χ0) is 17.2. The molecule has 0 spiro atoms. The lowest BCUT2D eigenvalue weighted by atomic mass is 10.0. The van der Waals surface area contributed by atoms with Crippen molar-refractivity contribution in [1.82, 2.24) is 4.90 Å². The molecule has 0 bridgehead atoms. The fourth-order valence-electron chi connectivity index (χ4n) is 3.18. The number of carbonyl (C=O) groups is 1. The number of nitrogens with zero attached hydrogens (tertiary/aromatic N) is 1. The molecule has 0 radical (unpaired) electrons. The van der Waals surface area contributed by atoms with Crippen molar-refractivity contribution in [1.29, 1.82) is 0 Å². The van der Waals surface area contributed by atoms with Crippen LogP contribution in [0.3, 0.4) is 0 Å². The molecule has 23 heavy (non-hydrogen) atoms. The van der Waals surface area contributed by atoms with Gasteiger partial charge in [-0.15, -0.1) is 0 Å². The van der Waals surface area contributed by atoms with Gasteiger partial charge in [-0.2, -0.15) is 0 Å². The molecule has 0 atom stereocenters. The maximum Gasteiger partial charge on any atom is 0.222 e. The van der Waals surface area contributed by atoms with Crippen LogP contribution in [0.15, 0.2) is 0 Å². The summed E-state index contributed by atoms with van der Waals surface area (Å²) in [6.07, 6.45) is 20.1. The summed E-state index contributed by atoms with van der Waals surface area (Å²) in [5, 5.41) is 0. The molecule has 0 unspecified atom stereocenters. The van der Waals surface area contributed by atoms with Crippen LogP contribution in [0.2, 0.25) is 0 Å². The number of hydrogen-bond acceptors (Lipinski definition) is 1. The summed E-state index contributed by atoms with van der Waals surface area (Å²) in [5.41, 5.74) is 0. The highest BCUT2D eigenvalue weighted by Crippen LogP contribution is 2.13. The predicted octanol–water partition coefficient (Wildman–Crippen LogP) is 6.73. The summed E-state index contributed by atoms with van der Waals surface area (Å²) in [5.74, 6) is 0.308. The van der Waals surface area contributed by atoms with Gasteiger partial charge in [0.15, 0.2) is 0 Å². The van der Waals surface area contributed by atoms with Crippen LogP contribution >= 0.6 is 0 Å². The van der Waals surface area contributed by atoms with Gasteiger partial charge in [-0.25, -0.2) is 0 Å². The molecule has 0 aromatic carbocycles. The van der Waals surface area contributed by atoms with E-state index in [0.29, 0.717) is 12.3 Å². The van der Waals surface area contributed by atoms with Crippen molar-refractivity contribution in [3.05, 3.63) is 0 Å². The molecule has 0 fully saturated rings. The first kappa shape index (κ1) is 22.5. The number of carbonyl (C=O) groups excluding carboxylic acids is 1. The number of hydrogen-bond donors (Lipinski definition) is 0. The highest BCUT2D eigenvalue weighted by atomic mass is 16.2. The van der Waals surface area contributed by atoms with E-state index in [1.807, 2.05) is 11.8 Å². The van der Waals surface area contributed by atoms with Crippen molar-refractivity contribution >= 4 is 5.91 Å². The van der Waals surface area contributed by atoms with Crippen LogP contribution in [0.25, 0.3) is 0 Å². The lowest BCUT2D eigenvalue weighted by Gasteiger charge is -2.19. The lowest BCUT2D eigenvalue weighted by Crippen LogP contribution is -2.30. The minimum Gasteiger partial charge on any atom is -0.343 e. The van der Waals surface area contributed by atoms with Gasteiger partial charge in [-0.1, -0.05) is 97.3 Å². The second kappa shape index (κ2) is 17.8. The highest BCUT2D eigenvalue weighted by Gasteiger charge is 2.07. The molecule has 0 heterocycles. The Balaban J connectivity index is 3.20. The third kappa shape index (κ3) is 14.8. The second-order valence-electron chi connectivity index (χ2n) is 6.92. The summed E-state index contributed by atoms with van der Waals surface area (Å²) in [6, 6.07) is 0. The summed E-state index contributed by atoms with van der Waals surface area (Å²) < 4.78 is 0. The van der Waals surface area contributed by atoms with E-state index in [1.54, 1.807) is 0 Å². The van der Waals surface area contributed by atoms with E-state index < -0.39 is 0 Å². The molecule has 0 aliphatic rings. The minimum atomic E-state index is 0.308. The van der Waals surface area contributed by atoms with Crippen LogP contribution in [0.5, 0.6) is 0 Å². The molecule has 0 rings (SSSR count). The molecule has 0 aromatic rings. The van der Waals surface area contributed by atoms with Crippen molar-refractivity contribution in [2.45, 2.75) is 117 Å². The van der Waals surface area contributed by atoms with Gasteiger partial charge in [0.25, 0.3) is 0 Å². The molecule has 0 saturated heterocycles. The number of amides is 1. The van der Waals surface area contributed by atoms with Gasteiger partial charge in [0.05, 0.1) is 0 Å². The van der Waals surface area contributed by atoms with Crippen molar-refractivity contribution in [2.24, 2.45) is 0 Å². The molecular formula is C21H43NO. The Morgan fingerprint density at radius 3 is 1.35 bits per heavy atom. The van der Waals surface area contributed by atoms with E-state index >= 15 is 0 Å². The second-order valence-corrected chi connectivity index (χ2v) is 6.92. The molecule has 0 aliphatic heterocycles. The first-order chi connectivity index (χ1) is 11.3. The average molecular weight is 326 g/mol. The average Bonchev–Trinajstić information content (AvgIpc) is 2.58. The van der Waals surface area contributed by atoms with Gasteiger partial charge in [0.2, 0.25) is 5.91 Å². The molecule has 0 N–H and O–H groups in total. The molecule has 2 heteroatoms. The van der Waals surface area contributed by atoms with Crippen LogP contribution in [0.4, 0.5) is 0 Å². The maximum absolute atomic E-state index is 11.6. The van der Waals surface area contributed by atoms with Crippen molar-refractivity contribution in [3.63, 3.8) is 0 Å². The van der Waals surface area contributed by atoms with E-state index in [0.717, 1.165) is 13.1 Å². The minimum absolute atomic E-state index is 0.308. The SMILES string of the molecule is CCCCCCCCCCCCCCCCN(CC)C(=O)CC. The first-order valence-electron chi connectivity index (χ1n) is 10.5. The highest BCUT2D eigenvalue weighted by molar-refractivity contribution is 5.75. The molecule has 0 aromatic heterocycles. The Kier molecular flexibility index (Phi) is 17.4. The van der Waals surface area contributed by atoms with Crippen LogP contribution in [-0.4, -0.2) is 23.9 Å². The molecule has 2 nitrogen and oxygen atoms in total. The Bertz CT molecular complexity index is 252. The Morgan fingerprint density at radius 2 is 1.00 bits per heavy atom. The van der Waals surface area contributed by atoms with Crippen molar-refractivity contribution in [2.75, 3.05) is 13.1 Å². The predicted molar refractivity (Wildman–Crippen MR) is 103 cm³/mol. The fourth-order valence-corrected chi connectivity index (χ4v) is 3.18. The summed E-state index contributed by atoms with van der Waals surface area (Å²) in [7, 11) is 0. The van der Waals surface area contributed by atoms with Gasteiger partial charge in [-0.3, -0.25) is 4.79 Å². The van der Waals surface area contributed by atoms with E-state index in [-0.39, 0.29) is 0 Å². The maximum atomic E-state index is 11.6. The van der Waals surface area contributed by atoms with Crippen LogP contribution in [0, 0.1) is 0 Å². The molecular weight excluding hydrogens is 282 g/mol. The van der Waals surface area contributed by atoms with Crippen LogP contribution in [0.1, 0.15) is 117 Å². The van der Waals surface area contributed by atoms with Gasteiger partial charge in [0, 0.05) is 19.5 Å². The Labute approximate surface area is 146 Å². The van der Waals surface area contributed by atoms with E-state index in [9.17, 15) is 4.79 Å². The molecule has 0 aliphatic carbocycles. The van der Waals surface area contributed by atoms with Crippen LogP contribution in [-0.2, 0) is 4.79 Å². The summed E-state index contributed by atoms with van der Waals surface area (Å²) in [4.78, 5) is 13.6. The monoisotopic (exact) mass is 325 g/mol. The zero-order valence-electron chi connectivity index (χ0n) is 16.4. The normalized spacial score (nSPS) is 10.9. The third-order valence-electron chi connectivity index (χ3n) is 4.82. The van der Waals surface area contributed by atoms with Crippen LogP contribution < -0.4 is 0 Å². The topological polar surface area (TPSA) is 20.3 Å². The fraction of sp³-hybridized carbons (Fsp3) is 0.952. The van der Waals surface area contributed by atoms with Crippen molar-refractivity contribution in [3.8, 4) is 0 Å². The van der Waals surface area contributed by atoms with Gasteiger partial charge >= 0.3 is 0 Å². The quantitative estimate of drug-likeness (QED) is 0.272. The Hall–Kier alpha value is -0.530. The van der Waals surface area contributed by atoms with Gasteiger partial charge in [-0.05, 0) is 13.3 Å². The first-order valence-corrected chi connectivity index (χ1v) is 10.5. The molecule has 0 saturated carbocycles. The number of rotatable bonds is 17. The lowest BCUT2D eigenvalue weighted by molar-refractivity contribution is -0.130. The largest absolute Gasteiger partial charge is 0.343 e. The van der Waals surface area contributed by atoms with E-state index in [1.165, 1.54) is 89.9 Å². The Morgan fingerprint density at radius 1 is 0.609 bits per heavy atom. The molecule has 1 amide bonds. The summed E-state index contributed by atoms with van der Waals surface area (Å²) in [6.45, 7) is 8.14. The zero-order valence-corrected chi connectivity index (χ0v) is 16.4. The third-order valence-corrected chi connectivity index (χ3v) is 4.82. The van der Waals surface area contributed by atoms with Crippen molar-refractivity contribution < 1.29 is 4.79 Å². The van der Waals surface area contributed by atoms with Gasteiger partial charge in [0.1, 0.15) is 0 Å².